The minimum atomic E-state index is -0.356. The van der Waals surface area contributed by atoms with Crippen molar-refractivity contribution in [1.82, 2.24) is 10.3 Å². The van der Waals surface area contributed by atoms with Crippen LogP contribution in [0.1, 0.15) is 42.9 Å². The predicted octanol–water partition coefficient (Wildman–Crippen LogP) is 3.55. The molecule has 3 heteroatoms. The van der Waals surface area contributed by atoms with Gasteiger partial charge in [-0.1, -0.05) is 35.9 Å². The van der Waals surface area contributed by atoms with E-state index in [0.29, 0.717) is 5.92 Å². The number of hydrogen-bond donors (Lipinski definition) is 1. The van der Waals surface area contributed by atoms with Gasteiger partial charge in [-0.3, -0.25) is 9.78 Å². The Morgan fingerprint density at radius 3 is 2.77 bits per heavy atom. The number of aromatic nitrogens is 1. The molecule has 3 nitrogen and oxygen atoms in total. The second kappa shape index (κ2) is 5.56. The third-order valence-corrected chi connectivity index (χ3v) is 4.42. The highest BCUT2D eigenvalue weighted by molar-refractivity contribution is 5.83. The van der Waals surface area contributed by atoms with Gasteiger partial charge in [0.15, 0.2) is 0 Å². The maximum atomic E-state index is 12.5. The Balaban J connectivity index is 1.67. The molecule has 0 unspecified atom stereocenters. The van der Waals surface area contributed by atoms with Crippen molar-refractivity contribution in [2.45, 2.75) is 38.6 Å². The number of pyridine rings is 1. The van der Waals surface area contributed by atoms with Crippen molar-refractivity contribution >= 4 is 5.91 Å². The van der Waals surface area contributed by atoms with Crippen LogP contribution < -0.4 is 5.32 Å². The summed E-state index contributed by atoms with van der Waals surface area (Å²) >= 11 is 0. The van der Waals surface area contributed by atoms with Crippen LogP contribution in [-0.4, -0.2) is 10.9 Å². The van der Waals surface area contributed by atoms with Crippen LogP contribution in [0.2, 0.25) is 0 Å². The molecule has 1 aliphatic carbocycles. The topological polar surface area (TPSA) is 42.0 Å². The molecule has 1 saturated carbocycles. The molecule has 22 heavy (non-hydrogen) atoms. The van der Waals surface area contributed by atoms with Crippen LogP contribution in [0.15, 0.2) is 48.8 Å². The Hall–Kier alpha value is -2.16. The highest BCUT2D eigenvalue weighted by Gasteiger charge is 2.45. The molecule has 2 aromatic rings. The van der Waals surface area contributed by atoms with Gasteiger partial charge in [-0.15, -0.1) is 0 Å². The molecule has 1 aliphatic rings. The molecule has 0 bridgehead atoms. The smallest absolute Gasteiger partial charge is 0.224 e. The summed E-state index contributed by atoms with van der Waals surface area (Å²) in [5, 5.41) is 3.20. The van der Waals surface area contributed by atoms with Crippen molar-refractivity contribution in [2.24, 2.45) is 5.92 Å². The molecule has 0 spiro atoms. The maximum absolute atomic E-state index is 12.5. The number of carbonyl (C=O) groups excluding carboxylic acids is 1. The Bertz CT molecular complexity index is 679. The van der Waals surface area contributed by atoms with Crippen molar-refractivity contribution in [1.29, 1.82) is 0 Å². The Kier molecular flexibility index (Phi) is 3.73. The fourth-order valence-corrected chi connectivity index (χ4v) is 2.96. The lowest BCUT2D eigenvalue weighted by molar-refractivity contribution is -0.124. The molecule has 1 aromatic carbocycles. The number of nitrogens with zero attached hydrogens (tertiary/aromatic N) is 1. The molecule has 3 rings (SSSR count). The van der Waals surface area contributed by atoms with E-state index in [4.69, 9.17) is 0 Å². The van der Waals surface area contributed by atoms with Gasteiger partial charge in [0.2, 0.25) is 5.91 Å². The van der Waals surface area contributed by atoms with Gasteiger partial charge < -0.3 is 5.32 Å². The van der Waals surface area contributed by atoms with E-state index in [1.54, 1.807) is 6.20 Å². The standard InChI is InChI=1S/C19H22N2O/c1-13-6-4-8-15(10-13)19(2,3)21-18(22)17-11-16(17)14-7-5-9-20-12-14/h4-10,12,16-17H,11H2,1-3H3,(H,21,22)/t16-,17-/m1/s1. The van der Waals surface area contributed by atoms with Crippen LogP contribution in [0.5, 0.6) is 0 Å². The lowest BCUT2D eigenvalue weighted by atomic mass is 9.92. The summed E-state index contributed by atoms with van der Waals surface area (Å²) in [5.74, 6) is 0.538. The summed E-state index contributed by atoms with van der Waals surface area (Å²) in [6.07, 6.45) is 4.55. The quantitative estimate of drug-likeness (QED) is 0.937. The number of hydrogen-bond acceptors (Lipinski definition) is 2. The number of nitrogens with one attached hydrogen (secondary N) is 1. The van der Waals surface area contributed by atoms with Gasteiger partial charge >= 0.3 is 0 Å². The third kappa shape index (κ3) is 3.03. The Morgan fingerprint density at radius 1 is 1.27 bits per heavy atom. The number of benzene rings is 1. The normalized spacial score (nSPS) is 20.5. The van der Waals surface area contributed by atoms with Crippen LogP contribution in [0.25, 0.3) is 0 Å². The lowest BCUT2D eigenvalue weighted by Gasteiger charge is -2.27. The van der Waals surface area contributed by atoms with Crippen LogP contribution >= 0.6 is 0 Å². The van der Waals surface area contributed by atoms with Crippen molar-refractivity contribution in [3.8, 4) is 0 Å². The zero-order chi connectivity index (χ0) is 15.7. The average molecular weight is 294 g/mol. The lowest BCUT2D eigenvalue weighted by Crippen LogP contribution is -2.42. The molecule has 1 fully saturated rings. The summed E-state index contributed by atoms with van der Waals surface area (Å²) < 4.78 is 0. The number of rotatable bonds is 4. The average Bonchev–Trinajstić information content (AvgIpc) is 3.28. The molecule has 1 N–H and O–H groups in total. The summed E-state index contributed by atoms with van der Waals surface area (Å²) in [6, 6.07) is 12.3. The van der Waals surface area contributed by atoms with Crippen molar-refractivity contribution in [2.75, 3.05) is 0 Å². The highest BCUT2D eigenvalue weighted by Crippen LogP contribution is 2.47. The third-order valence-electron chi connectivity index (χ3n) is 4.42. The first kappa shape index (κ1) is 14.8. The van der Waals surface area contributed by atoms with Gasteiger partial charge in [0.05, 0.1) is 5.54 Å². The first-order valence-corrected chi connectivity index (χ1v) is 7.76. The Labute approximate surface area is 131 Å². The van der Waals surface area contributed by atoms with E-state index in [1.165, 1.54) is 5.56 Å². The molecule has 1 aromatic heterocycles. The van der Waals surface area contributed by atoms with Gasteiger partial charge in [-0.2, -0.15) is 0 Å². The summed E-state index contributed by atoms with van der Waals surface area (Å²) in [5.41, 5.74) is 3.15. The number of carbonyl (C=O) groups is 1. The van der Waals surface area contributed by atoms with E-state index in [9.17, 15) is 4.79 Å². The second-order valence-corrected chi connectivity index (χ2v) is 6.72. The molecule has 114 valence electrons. The zero-order valence-corrected chi connectivity index (χ0v) is 13.3. The van der Waals surface area contributed by atoms with Gasteiger partial charge in [-0.25, -0.2) is 0 Å². The van der Waals surface area contributed by atoms with Gasteiger partial charge in [0.25, 0.3) is 0 Å². The monoisotopic (exact) mass is 294 g/mol. The van der Waals surface area contributed by atoms with Gasteiger partial charge in [0.1, 0.15) is 0 Å². The zero-order valence-electron chi connectivity index (χ0n) is 13.3. The number of amides is 1. The van der Waals surface area contributed by atoms with Crippen molar-refractivity contribution < 1.29 is 4.79 Å². The number of aryl methyl sites for hydroxylation is 1. The van der Waals surface area contributed by atoms with Crippen LogP contribution in [0, 0.1) is 12.8 Å². The summed E-state index contributed by atoms with van der Waals surface area (Å²) in [7, 11) is 0. The maximum Gasteiger partial charge on any atom is 0.224 e. The molecule has 1 amide bonds. The summed E-state index contributed by atoms with van der Waals surface area (Å²) in [6.45, 7) is 6.18. The van der Waals surface area contributed by atoms with Crippen molar-refractivity contribution in [3.05, 3.63) is 65.5 Å². The van der Waals surface area contributed by atoms with E-state index in [1.807, 2.05) is 18.3 Å². The summed E-state index contributed by atoms with van der Waals surface area (Å²) in [4.78, 5) is 16.7. The molecule has 1 heterocycles. The van der Waals surface area contributed by atoms with E-state index in [0.717, 1.165) is 17.5 Å². The highest BCUT2D eigenvalue weighted by atomic mass is 16.2. The van der Waals surface area contributed by atoms with E-state index in [-0.39, 0.29) is 17.4 Å². The SMILES string of the molecule is Cc1cccc(C(C)(C)NC(=O)[C@@H]2C[C@@H]2c2cccnc2)c1. The second-order valence-electron chi connectivity index (χ2n) is 6.72. The predicted molar refractivity (Wildman–Crippen MR) is 87.4 cm³/mol. The minimum Gasteiger partial charge on any atom is -0.347 e. The first-order chi connectivity index (χ1) is 10.5. The molecular formula is C19H22N2O. The van der Waals surface area contributed by atoms with E-state index < -0.39 is 0 Å². The van der Waals surface area contributed by atoms with E-state index >= 15 is 0 Å². The molecule has 0 aliphatic heterocycles. The first-order valence-electron chi connectivity index (χ1n) is 7.76. The van der Waals surface area contributed by atoms with Gasteiger partial charge in [-0.05, 0) is 50.3 Å². The molecular weight excluding hydrogens is 272 g/mol. The molecule has 2 atom stereocenters. The molecule has 0 saturated heterocycles. The Morgan fingerprint density at radius 2 is 2.09 bits per heavy atom. The van der Waals surface area contributed by atoms with Crippen LogP contribution in [-0.2, 0) is 10.3 Å². The van der Waals surface area contributed by atoms with Crippen LogP contribution in [0.3, 0.4) is 0 Å². The minimum absolute atomic E-state index is 0.0771. The van der Waals surface area contributed by atoms with E-state index in [2.05, 4.69) is 55.3 Å². The fraction of sp³-hybridized carbons (Fsp3) is 0.368. The van der Waals surface area contributed by atoms with Gasteiger partial charge in [0, 0.05) is 18.3 Å². The largest absolute Gasteiger partial charge is 0.347 e. The van der Waals surface area contributed by atoms with Crippen LogP contribution in [0.4, 0.5) is 0 Å². The fourth-order valence-electron chi connectivity index (χ4n) is 2.96. The van der Waals surface area contributed by atoms with Crippen molar-refractivity contribution in [3.63, 3.8) is 0 Å². The molecule has 0 radical (unpaired) electrons.